The van der Waals surface area contributed by atoms with Gasteiger partial charge in [0.2, 0.25) is 10.0 Å². The molecule has 0 radical (unpaired) electrons. The standard InChI is InChI=1S/C8H13N3O2S/c1-3-10-8-6-7(4-5-11-8)14(12,13)9-2/h4-6,9H,3H2,1-2H3,(H,10,11). The predicted molar refractivity (Wildman–Crippen MR) is 54.6 cm³/mol. The van der Waals surface area contributed by atoms with Crippen molar-refractivity contribution in [3.63, 3.8) is 0 Å². The number of anilines is 1. The normalized spacial score (nSPS) is 11.3. The summed E-state index contributed by atoms with van der Waals surface area (Å²) in [6.07, 6.45) is 1.46. The molecule has 0 spiro atoms. The average Bonchev–Trinajstić information content (AvgIpc) is 2.19. The summed E-state index contributed by atoms with van der Waals surface area (Å²) in [6.45, 7) is 2.62. The van der Waals surface area contributed by atoms with E-state index in [4.69, 9.17) is 0 Å². The van der Waals surface area contributed by atoms with Crippen molar-refractivity contribution in [3.05, 3.63) is 18.3 Å². The Balaban J connectivity index is 3.06. The SMILES string of the molecule is CCNc1cc(S(=O)(=O)NC)ccn1. The summed E-state index contributed by atoms with van der Waals surface area (Å²) < 4.78 is 25.0. The predicted octanol–water partition coefficient (Wildman–Crippen LogP) is 0.421. The van der Waals surface area contributed by atoms with Crippen molar-refractivity contribution < 1.29 is 8.42 Å². The fraction of sp³-hybridized carbons (Fsp3) is 0.375. The lowest BCUT2D eigenvalue weighted by atomic mass is 10.4. The molecule has 0 bridgehead atoms. The third-order valence-corrected chi connectivity index (χ3v) is 3.08. The Morgan fingerprint density at radius 2 is 2.21 bits per heavy atom. The zero-order chi connectivity index (χ0) is 10.6. The van der Waals surface area contributed by atoms with E-state index in [1.54, 1.807) is 0 Å². The van der Waals surface area contributed by atoms with Gasteiger partial charge in [-0.1, -0.05) is 0 Å². The minimum atomic E-state index is -3.37. The maximum absolute atomic E-state index is 11.4. The molecular weight excluding hydrogens is 202 g/mol. The van der Waals surface area contributed by atoms with E-state index in [9.17, 15) is 8.42 Å². The van der Waals surface area contributed by atoms with Crippen molar-refractivity contribution in [1.29, 1.82) is 0 Å². The van der Waals surface area contributed by atoms with Crippen molar-refractivity contribution in [2.24, 2.45) is 0 Å². The second-order valence-electron chi connectivity index (χ2n) is 2.61. The summed E-state index contributed by atoms with van der Waals surface area (Å²) in [4.78, 5) is 4.19. The van der Waals surface area contributed by atoms with Crippen LogP contribution in [0, 0.1) is 0 Å². The van der Waals surface area contributed by atoms with Gasteiger partial charge in [0.25, 0.3) is 0 Å². The molecule has 0 saturated heterocycles. The highest BCUT2D eigenvalue weighted by Crippen LogP contribution is 2.11. The first kappa shape index (κ1) is 10.9. The van der Waals surface area contributed by atoms with Crippen LogP contribution >= 0.6 is 0 Å². The number of nitrogens with zero attached hydrogens (tertiary/aromatic N) is 1. The van der Waals surface area contributed by atoms with Gasteiger partial charge in [0.1, 0.15) is 5.82 Å². The Hall–Kier alpha value is -1.14. The highest BCUT2D eigenvalue weighted by Gasteiger charge is 2.11. The van der Waals surface area contributed by atoms with Crippen LogP contribution in [0.15, 0.2) is 23.2 Å². The van der Waals surface area contributed by atoms with Crippen molar-refractivity contribution >= 4 is 15.8 Å². The zero-order valence-electron chi connectivity index (χ0n) is 8.11. The summed E-state index contributed by atoms with van der Waals surface area (Å²) in [6, 6.07) is 2.95. The number of hydrogen-bond donors (Lipinski definition) is 2. The smallest absolute Gasteiger partial charge is 0.240 e. The van der Waals surface area contributed by atoms with Crippen molar-refractivity contribution in [1.82, 2.24) is 9.71 Å². The van der Waals surface area contributed by atoms with E-state index < -0.39 is 10.0 Å². The fourth-order valence-corrected chi connectivity index (χ4v) is 1.72. The fourth-order valence-electron chi connectivity index (χ4n) is 0.974. The van der Waals surface area contributed by atoms with E-state index in [0.717, 1.165) is 0 Å². The molecule has 1 aromatic heterocycles. The first-order chi connectivity index (χ1) is 6.60. The molecule has 5 nitrogen and oxygen atoms in total. The van der Waals surface area contributed by atoms with Crippen LogP contribution in [0.4, 0.5) is 5.82 Å². The lowest BCUT2D eigenvalue weighted by molar-refractivity contribution is 0.588. The van der Waals surface area contributed by atoms with Crippen LogP contribution in [0.1, 0.15) is 6.92 Å². The molecular formula is C8H13N3O2S. The van der Waals surface area contributed by atoms with Crippen molar-refractivity contribution in [2.45, 2.75) is 11.8 Å². The molecule has 1 heterocycles. The van der Waals surface area contributed by atoms with E-state index >= 15 is 0 Å². The molecule has 0 aliphatic carbocycles. The quantitative estimate of drug-likeness (QED) is 0.763. The molecule has 0 aliphatic rings. The summed E-state index contributed by atoms with van der Waals surface area (Å²) in [5.74, 6) is 0.559. The van der Waals surface area contributed by atoms with E-state index in [0.29, 0.717) is 12.4 Å². The number of hydrogen-bond acceptors (Lipinski definition) is 4. The number of rotatable bonds is 4. The van der Waals surface area contributed by atoms with Crippen LogP contribution in [0.25, 0.3) is 0 Å². The number of aromatic nitrogens is 1. The van der Waals surface area contributed by atoms with Crippen LogP contribution in [-0.4, -0.2) is 27.0 Å². The minimum Gasteiger partial charge on any atom is -0.370 e. The van der Waals surface area contributed by atoms with Gasteiger partial charge in [-0.2, -0.15) is 0 Å². The molecule has 0 saturated carbocycles. The van der Waals surface area contributed by atoms with Crippen LogP contribution in [-0.2, 0) is 10.0 Å². The second kappa shape index (κ2) is 4.39. The summed E-state index contributed by atoms with van der Waals surface area (Å²) >= 11 is 0. The molecule has 0 unspecified atom stereocenters. The van der Waals surface area contributed by atoms with Gasteiger partial charge < -0.3 is 5.32 Å². The molecule has 0 aliphatic heterocycles. The number of sulfonamides is 1. The maximum atomic E-state index is 11.4. The van der Waals surface area contributed by atoms with Gasteiger partial charge >= 0.3 is 0 Å². The molecule has 6 heteroatoms. The Bertz CT molecular complexity index is 403. The van der Waals surface area contributed by atoms with Gasteiger partial charge in [0, 0.05) is 18.8 Å². The topological polar surface area (TPSA) is 71.1 Å². The van der Waals surface area contributed by atoms with E-state index in [2.05, 4.69) is 15.0 Å². The lowest BCUT2D eigenvalue weighted by Gasteiger charge is -2.05. The molecule has 1 aromatic rings. The molecule has 1 rings (SSSR count). The lowest BCUT2D eigenvalue weighted by Crippen LogP contribution is -2.18. The Morgan fingerprint density at radius 1 is 1.50 bits per heavy atom. The highest BCUT2D eigenvalue weighted by atomic mass is 32.2. The Labute approximate surface area is 83.6 Å². The van der Waals surface area contributed by atoms with E-state index in [1.165, 1.54) is 25.4 Å². The van der Waals surface area contributed by atoms with Gasteiger partial charge in [-0.15, -0.1) is 0 Å². The summed E-state index contributed by atoms with van der Waals surface area (Å²) in [5, 5.41) is 2.94. The van der Waals surface area contributed by atoms with Crippen molar-refractivity contribution in [2.75, 3.05) is 18.9 Å². The third-order valence-electron chi connectivity index (χ3n) is 1.67. The maximum Gasteiger partial charge on any atom is 0.240 e. The first-order valence-electron chi connectivity index (χ1n) is 4.23. The van der Waals surface area contributed by atoms with Crippen LogP contribution in [0.5, 0.6) is 0 Å². The molecule has 78 valence electrons. The molecule has 14 heavy (non-hydrogen) atoms. The Kier molecular flexibility index (Phi) is 3.43. The third kappa shape index (κ3) is 2.43. The van der Waals surface area contributed by atoms with Crippen LogP contribution < -0.4 is 10.0 Å². The second-order valence-corrected chi connectivity index (χ2v) is 4.50. The molecule has 0 amide bonds. The van der Waals surface area contributed by atoms with E-state index in [-0.39, 0.29) is 4.90 Å². The average molecular weight is 215 g/mol. The largest absolute Gasteiger partial charge is 0.370 e. The van der Waals surface area contributed by atoms with Gasteiger partial charge in [-0.3, -0.25) is 0 Å². The minimum absolute atomic E-state index is 0.214. The van der Waals surface area contributed by atoms with Gasteiger partial charge in [0.15, 0.2) is 0 Å². The first-order valence-corrected chi connectivity index (χ1v) is 5.72. The molecule has 0 aromatic carbocycles. The van der Waals surface area contributed by atoms with Crippen LogP contribution in [0.3, 0.4) is 0 Å². The molecule has 0 fully saturated rings. The molecule has 2 N–H and O–H groups in total. The number of pyridine rings is 1. The Morgan fingerprint density at radius 3 is 2.79 bits per heavy atom. The van der Waals surface area contributed by atoms with Gasteiger partial charge in [-0.05, 0) is 20.0 Å². The number of nitrogens with one attached hydrogen (secondary N) is 2. The van der Waals surface area contributed by atoms with Gasteiger partial charge in [-0.25, -0.2) is 18.1 Å². The van der Waals surface area contributed by atoms with Crippen LogP contribution in [0.2, 0.25) is 0 Å². The molecule has 0 atom stereocenters. The summed E-state index contributed by atoms with van der Waals surface area (Å²) in [5.41, 5.74) is 0. The summed E-state index contributed by atoms with van der Waals surface area (Å²) in [7, 11) is -1.99. The van der Waals surface area contributed by atoms with Crippen molar-refractivity contribution in [3.8, 4) is 0 Å². The van der Waals surface area contributed by atoms with Gasteiger partial charge in [0.05, 0.1) is 4.90 Å². The zero-order valence-corrected chi connectivity index (χ0v) is 8.93. The monoisotopic (exact) mass is 215 g/mol. The van der Waals surface area contributed by atoms with E-state index in [1.807, 2.05) is 6.92 Å². The highest BCUT2D eigenvalue weighted by molar-refractivity contribution is 7.89.